The van der Waals surface area contributed by atoms with Crippen molar-refractivity contribution in [2.24, 2.45) is 67.2 Å². The third-order valence-corrected chi connectivity index (χ3v) is 19.0. The largest absolute Gasteiger partial charge is 0.478 e. The minimum atomic E-state index is -1.74. The second-order valence-electron chi connectivity index (χ2n) is 21.1. The predicted molar refractivity (Wildman–Crippen MR) is 235 cm³/mol. The Morgan fingerprint density at radius 1 is 0.935 bits per heavy atom. The number of aliphatic imine (C=N–C) groups is 1. The number of hydrogen-bond acceptors (Lipinski definition) is 7. The fraction of sp³-hybridized carbons (Fsp3) is 0.577. The van der Waals surface area contributed by atoms with Gasteiger partial charge in [-0.25, -0.2) is 9.79 Å². The number of carbonyl (C=O) groups excluding carboxylic acids is 2. The van der Waals surface area contributed by atoms with Gasteiger partial charge in [0.05, 0.1) is 17.2 Å². The second-order valence-corrected chi connectivity index (χ2v) is 21.1. The van der Waals surface area contributed by atoms with Gasteiger partial charge in [0.2, 0.25) is 0 Å². The average molecular weight is 840 g/mol. The summed E-state index contributed by atoms with van der Waals surface area (Å²) in [6.45, 7) is 5.64. The number of carbonyl (C=O) groups is 3. The predicted octanol–water partition coefficient (Wildman–Crippen LogP) is 6.51. The molecule has 0 heterocycles. The normalized spacial score (nSPS) is 46.9. The van der Waals surface area contributed by atoms with Crippen LogP contribution in [0.5, 0.6) is 0 Å². The molecule has 9 aliphatic carbocycles. The van der Waals surface area contributed by atoms with E-state index in [-0.39, 0.29) is 42.4 Å². The highest BCUT2D eigenvalue weighted by molar-refractivity contribution is 6.02. The highest BCUT2D eigenvalue weighted by atomic mass is 16.4. The molecule has 4 saturated carbocycles. The molecule has 0 aromatic heterocycles. The molecule has 62 heavy (non-hydrogen) atoms. The topological polar surface area (TPSA) is 197 Å². The van der Waals surface area contributed by atoms with Crippen LogP contribution in [0, 0.1) is 62.6 Å². The number of carboxylic acids is 1. The first-order valence-electron chi connectivity index (χ1n) is 23.0. The van der Waals surface area contributed by atoms with Crippen molar-refractivity contribution in [1.82, 2.24) is 0 Å². The van der Waals surface area contributed by atoms with Gasteiger partial charge < -0.3 is 31.9 Å². The minimum Gasteiger partial charge on any atom is -0.478 e. The zero-order chi connectivity index (χ0) is 43.9. The molecule has 0 saturated heterocycles. The van der Waals surface area contributed by atoms with E-state index in [0.29, 0.717) is 68.1 Å². The summed E-state index contributed by atoms with van der Waals surface area (Å²) in [5.74, 6) is 3.57. The summed E-state index contributed by atoms with van der Waals surface area (Å²) < 4.78 is 0. The zero-order valence-electron chi connectivity index (χ0n) is 36.3. The molecular formula is C52H61N3O7. The van der Waals surface area contributed by atoms with Gasteiger partial charge in [-0.2, -0.15) is 0 Å². The summed E-state index contributed by atoms with van der Waals surface area (Å²) in [6.07, 6.45) is 17.4. The van der Waals surface area contributed by atoms with Crippen molar-refractivity contribution in [2.75, 3.05) is 0 Å². The first kappa shape index (κ1) is 41.5. The standard InChI is InChI=1S/C52H61N3O7/c1-31(43(59)60)34-17-24-48(55-44(53)54)26-25-47(32(2)38(48)40(34)58)30-50(61)27-28-51(62)35(16-15-33-13-7-4-8-14-33)41-45(3)19-9-5-12-22-52(50)42(51)39-36(56)29-49(47,52)21-11-6-10-20-46(39,41)23-18-37(45)57/h4,7-8,13-16,25-28,32,35,38,40-41,58,61-62H,6,10-12,17-24,29-30H2,1-3H3,(H,59,60)(H4,53,54,55). The number of nitrogens with two attached hydrogens (primary N) is 2. The molecule has 0 radical (unpaired) electrons. The molecular weight excluding hydrogens is 779 g/mol. The number of aliphatic hydroxyl groups is 3. The lowest BCUT2D eigenvalue weighted by Gasteiger charge is -2.71. The van der Waals surface area contributed by atoms with Gasteiger partial charge in [-0.05, 0) is 91.9 Å². The maximum Gasteiger partial charge on any atom is 0.331 e. The molecule has 1 aromatic rings. The molecule has 0 amide bonds. The maximum absolute atomic E-state index is 16.1. The van der Waals surface area contributed by atoms with E-state index in [1.54, 1.807) is 6.08 Å². The molecule has 4 fully saturated rings. The smallest absolute Gasteiger partial charge is 0.331 e. The SMILES string of the molecule is CC(C(=O)O)=C1CCC2(N=C(N)N)C=CC3(CC4(O)C=CC5(O)C6=C7C(=O)CC38CCCCCC73CCC(=O)C(C)(CC#CCCC648)C3C5C=Cc3ccccc3)C(C)C2C1O. The van der Waals surface area contributed by atoms with Gasteiger partial charge in [0, 0.05) is 70.3 Å². The number of fused-ring (bicyclic) bond motifs is 2. The Morgan fingerprint density at radius 3 is 2.44 bits per heavy atom. The van der Waals surface area contributed by atoms with E-state index in [0.717, 1.165) is 24.8 Å². The second kappa shape index (κ2) is 13.5. The number of rotatable bonds is 4. The van der Waals surface area contributed by atoms with Crippen LogP contribution >= 0.6 is 0 Å². The molecule has 326 valence electrons. The molecule has 1 aromatic carbocycles. The lowest BCUT2D eigenvalue weighted by atomic mass is 9.32. The van der Waals surface area contributed by atoms with Gasteiger partial charge in [-0.15, -0.1) is 11.8 Å². The highest BCUT2D eigenvalue weighted by Gasteiger charge is 2.85. The summed E-state index contributed by atoms with van der Waals surface area (Å²) in [5, 5.41) is 51.1. The van der Waals surface area contributed by atoms with E-state index >= 15 is 4.79 Å². The van der Waals surface area contributed by atoms with E-state index in [2.05, 4.69) is 37.0 Å². The van der Waals surface area contributed by atoms with Crippen molar-refractivity contribution in [3.05, 3.63) is 88.6 Å². The fourth-order valence-electron chi connectivity index (χ4n) is 16.8. The third kappa shape index (κ3) is 4.88. The van der Waals surface area contributed by atoms with Crippen LogP contribution in [0.1, 0.15) is 116 Å². The van der Waals surface area contributed by atoms with E-state index in [9.17, 15) is 30.0 Å². The Hall–Kier alpha value is -4.56. The Kier molecular flexibility index (Phi) is 9.01. The number of allylic oxidation sites excluding steroid dienone is 2. The van der Waals surface area contributed by atoms with Crippen LogP contribution in [0.2, 0.25) is 0 Å². The van der Waals surface area contributed by atoms with Gasteiger partial charge >= 0.3 is 5.97 Å². The van der Waals surface area contributed by atoms with Gasteiger partial charge in [-0.1, -0.05) is 93.8 Å². The van der Waals surface area contributed by atoms with Gasteiger partial charge in [0.15, 0.2) is 11.7 Å². The first-order chi connectivity index (χ1) is 29.4. The summed E-state index contributed by atoms with van der Waals surface area (Å²) in [6, 6.07) is 9.97. The Balaban J connectivity index is 1.31. The zero-order valence-corrected chi connectivity index (χ0v) is 36.3. The highest BCUT2D eigenvalue weighted by Crippen LogP contribution is 2.85. The number of aliphatic carboxylic acids is 1. The number of hydrogen-bond donors (Lipinski definition) is 6. The van der Waals surface area contributed by atoms with Crippen LogP contribution in [-0.2, 0) is 14.4 Å². The van der Waals surface area contributed by atoms with Crippen molar-refractivity contribution < 1.29 is 34.8 Å². The van der Waals surface area contributed by atoms with Crippen molar-refractivity contribution in [1.29, 1.82) is 0 Å². The van der Waals surface area contributed by atoms with Crippen molar-refractivity contribution in [3.8, 4) is 11.8 Å². The average Bonchev–Trinajstić information content (AvgIpc) is 3.40. The van der Waals surface area contributed by atoms with Gasteiger partial charge in [0.25, 0.3) is 0 Å². The summed E-state index contributed by atoms with van der Waals surface area (Å²) in [4.78, 5) is 48.1. The number of Topliss-reactive ketones (excluding diaryl/α,β-unsaturated/α-hetero) is 2. The summed E-state index contributed by atoms with van der Waals surface area (Å²) >= 11 is 0. The van der Waals surface area contributed by atoms with E-state index in [1.165, 1.54) is 6.92 Å². The van der Waals surface area contributed by atoms with Crippen LogP contribution in [0.25, 0.3) is 6.08 Å². The van der Waals surface area contributed by atoms with Crippen LogP contribution in [0.15, 0.2) is 88.0 Å². The van der Waals surface area contributed by atoms with Gasteiger partial charge in [0.1, 0.15) is 11.4 Å². The van der Waals surface area contributed by atoms with Crippen LogP contribution in [-0.4, -0.2) is 66.8 Å². The maximum atomic E-state index is 16.1. The molecule has 10 nitrogen and oxygen atoms in total. The quantitative estimate of drug-likeness (QED) is 0.0644. The molecule has 10 rings (SSSR count). The lowest BCUT2D eigenvalue weighted by Crippen LogP contribution is -2.72. The molecule has 4 spiro atoms. The number of nitrogens with zero attached hydrogens (tertiary/aromatic N) is 1. The fourth-order valence-corrected chi connectivity index (χ4v) is 16.8. The van der Waals surface area contributed by atoms with Gasteiger partial charge in [-0.3, -0.25) is 9.59 Å². The summed E-state index contributed by atoms with van der Waals surface area (Å²) in [7, 11) is 0. The molecule has 13 atom stereocenters. The van der Waals surface area contributed by atoms with E-state index < -0.39 is 79.6 Å². The van der Waals surface area contributed by atoms with Crippen LogP contribution < -0.4 is 11.5 Å². The summed E-state index contributed by atoms with van der Waals surface area (Å²) in [5.41, 5.74) is 5.93. The minimum absolute atomic E-state index is 0.0182. The number of guanidine groups is 1. The number of ketones is 2. The Morgan fingerprint density at radius 2 is 1.69 bits per heavy atom. The third-order valence-electron chi connectivity index (χ3n) is 19.0. The van der Waals surface area contributed by atoms with Crippen molar-refractivity contribution in [3.63, 3.8) is 0 Å². The first-order valence-corrected chi connectivity index (χ1v) is 23.0. The lowest BCUT2D eigenvalue weighted by molar-refractivity contribution is -0.178. The van der Waals surface area contributed by atoms with Crippen LogP contribution in [0.4, 0.5) is 0 Å². The van der Waals surface area contributed by atoms with E-state index in [4.69, 9.17) is 16.5 Å². The molecule has 0 aliphatic heterocycles. The molecule has 9 aliphatic rings. The van der Waals surface area contributed by atoms with Crippen LogP contribution in [0.3, 0.4) is 0 Å². The molecule has 10 heteroatoms. The Bertz CT molecular complexity index is 2430. The monoisotopic (exact) mass is 839 g/mol. The molecule has 6 bridgehead atoms. The van der Waals surface area contributed by atoms with E-state index in [1.807, 2.05) is 49.4 Å². The number of benzene rings is 1. The number of carboxylic acid groups (broad SMARTS) is 1. The van der Waals surface area contributed by atoms with Crippen molar-refractivity contribution >= 4 is 29.6 Å². The Labute approximate surface area is 364 Å². The molecule has 8 N–H and O–H groups in total. The number of aliphatic hydroxyl groups excluding tert-OH is 1. The molecule has 13 unspecified atom stereocenters. The van der Waals surface area contributed by atoms with Crippen molar-refractivity contribution in [2.45, 2.75) is 134 Å².